The molecule has 0 saturated carbocycles. The van der Waals surface area contributed by atoms with Gasteiger partial charge in [-0.25, -0.2) is 4.99 Å². The summed E-state index contributed by atoms with van der Waals surface area (Å²) >= 11 is 5.22. The Morgan fingerprint density at radius 3 is 2.64 bits per heavy atom. The third-order valence-electron chi connectivity index (χ3n) is 4.32. The van der Waals surface area contributed by atoms with Gasteiger partial charge in [0, 0.05) is 11.1 Å². The van der Waals surface area contributed by atoms with Gasteiger partial charge in [-0.1, -0.05) is 36.4 Å². The highest BCUT2D eigenvalue weighted by Gasteiger charge is 2.44. The van der Waals surface area contributed by atoms with E-state index in [9.17, 15) is 13.6 Å². The molecule has 2 aliphatic rings. The molecule has 0 bridgehead atoms. The molecule has 2 atom stereocenters. The van der Waals surface area contributed by atoms with E-state index in [0.717, 1.165) is 5.56 Å². The van der Waals surface area contributed by atoms with Crippen molar-refractivity contribution in [1.29, 1.82) is 0 Å². The molecular weight excluding hydrogens is 346 g/mol. The smallest absolute Gasteiger partial charge is 0.387 e. The standard InChI is InChI=1S/C18H12F2N2O2S/c19-17(20)24-10-5-3-4-9(8-10)14-13-15(22-18(25)21-14)11-6-1-2-7-12(11)16(13)23/h1-8,13-14,17H,(H,21,25). The maximum atomic E-state index is 12.9. The van der Waals surface area contributed by atoms with Crippen LogP contribution < -0.4 is 10.1 Å². The zero-order chi connectivity index (χ0) is 17.6. The first-order valence-corrected chi connectivity index (χ1v) is 8.03. The molecule has 25 heavy (non-hydrogen) atoms. The molecule has 126 valence electrons. The fourth-order valence-electron chi connectivity index (χ4n) is 3.34. The van der Waals surface area contributed by atoms with Gasteiger partial charge in [0.05, 0.1) is 17.7 Å². The Labute approximate surface area is 147 Å². The van der Waals surface area contributed by atoms with Gasteiger partial charge in [0.15, 0.2) is 10.9 Å². The van der Waals surface area contributed by atoms with E-state index in [2.05, 4.69) is 15.0 Å². The van der Waals surface area contributed by atoms with Crippen LogP contribution in [0.5, 0.6) is 5.75 Å². The predicted molar refractivity (Wildman–Crippen MR) is 92.3 cm³/mol. The number of hydrogen-bond acceptors (Lipinski definition) is 3. The Morgan fingerprint density at radius 1 is 1.12 bits per heavy atom. The van der Waals surface area contributed by atoms with Gasteiger partial charge in [-0.05, 0) is 29.9 Å². The van der Waals surface area contributed by atoms with Crippen LogP contribution in [0.1, 0.15) is 27.5 Å². The van der Waals surface area contributed by atoms with Crippen LogP contribution in [0.4, 0.5) is 8.78 Å². The summed E-state index contributed by atoms with van der Waals surface area (Å²) in [5, 5.41) is 3.29. The van der Waals surface area contributed by atoms with E-state index < -0.39 is 18.6 Å². The van der Waals surface area contributed by atoms with E-state index in [4.69, 9.17) is 12.2 Å². The number of carbonyl (C=O) groups excluding carboxylic acids is 1. The lowest BCUT2D eigenvalue weighted by atomic mass is 9.87. The van der Waals surface area contributed by atoms with Crippen molar-refractivity contribution in [3.05, 3.63) is 65.2 Å². The van der Waals surface area contributed by atoms with Gasteiger partial charge < -0.3 is 10.1 Å². The Balaban J connectivity index is 1.77. The van der Waals surface area contributed by atoms with Crippen LogP contribution in [0.25, 0.3) is 0 Å². The second kappa shape index (κ2) is 6.00. The fourth-order valence-corrected chi connectivity index (χ4v) is 3.56. The normalized spacial score (nSPS) is 21.5. The number of halogens is 2. The van der Waals surface area contributed by atoms with Crippen molar-refractivity contribution in [2.45, 2.75) is 12.7 Å². The first-order valence-electron chi connectivity index (χ1n) is 7.62. The monoisotopic (exact) mass is 358 g/mol. The van der Waals surface area contributed by atoms with Gasteiger partial charge >= 0.3 is 6.61 Å². The molecule has 0 fully saturated rings. The Bertz CT molecular complexity index is 913. The number of ketones is 1. The zero-order valence-electron chi connectivity index (χ0n) is 12.8. The molecule has 1 aliphatic heterocycles. The second-order valence-corrected chi connectivity index (χ2v) is 6.15. The van der Waals surface area contributed by atoms with E-state index in [1.165, 1.54) is 12.1 Å². The molecular formula is C18H12F2N2O2S. The zero-order valence-corrected chi connectivity index (χ0v) is 13.6. The second-order valence-electron chi connectivity index (χ2n) is 5.76. The van der Waals surface area contributed by atoms with Crippen LogP contribution in [0.2, 0.25) is 0 Å². The number of ether oxygens (including phenoxy) is 1. The van der Waals surface area contributed by atoms with Crippen LogP contribution >= 0.6 is 12.2 Å². The lowest BCUT2D eigenvalue weighted by molar-refractivity contribution is -0.0499. The van der Waals surface area contributed by atoms with Crippen LogP contribution in [0, 0.1) is 5.92 Å². The first kappa shape index (κ1) is 15.8. The van der Waals surface area contributed by atoms with Crippen molar-refractivity contribution in [2.24, 2.45) is 10.9 Å². The van der Waals surface area contributed by atoms with Crippen molar-refractivity contribution < 1.29 is 18.3 Å². The number of Topliss-reactive ketones (excluding diaryl/α,β-unsaturated/α-hetero) is 1. The number of carbonyl (C=O) groups is 1. The van der Waals surface area contributed by atoms with E-state index in [0.29, 0.717) is 16.8 Å². The average molecular weight is 358 g/mol. The summed E-state index contributed by atoms with van der Waals surface area (Å²) in [7, 11) is 0. The van der Waals surface area contributed by atoms with Gasteiger partial charge in [-0.2, -0.15) is 8.78 Å². The molecule has 4 nitrogen and oxygen atoms in total. The predicted octanol–water partition coefficient (Wildman–Crippen LogP) is 3.52. The highest BCUT2D eigenvalue weighted by atomic mass is 32.1. The van der Waals surface area contributed by atoms with Crippen LogP contribution in [0.3, 0.4) is 0 Å². The van der Waals surface area contributed by atoms with E-state index in [-0.39, 0.29) is 16.6 Å². The number of rotatable bonds is 3. The summed E-state index contributed by atoms with van der Waals surface area (Å²) in [5.41, 5.74) is 2.63. The number of hydrogen-bond donors (Lipinski definition) is 1. The lowest BCUT2D eigenvalue weighted by Crippen LogP contribution is -2.41. The molecule has 2 aromatic carbocycles. The quantitative estimate of drug-likeness (QED) is 0.853. The van der Waals surface area contributed by atoms with Crippen LogP contribution in [-0.2, 0) is 0 Å². The average Bonchev–Trinajstić information content (AvgIpc) is 2.87. The minimum absolute atomic E-state index is 0.0345. The molecule has 0 amide bonds. The molecule has 0 aromatic heterocycles. The molecule has 0 radical (unpaired) electrons. The van der Waals surface area contributed by atoms with Gasteiger partial charge in [0.25, 0.3) is 0 Å². The minimum atomic E-state index is -2.91. The number of aliphatic imine (C=N–C) groups is 1. The van der Waals surface area contributed by atoms with Gasteiger partial charge in [-0.15, -0.1) is 0 Å². The summed E-state index contributed by atoms with van der Waals surface area (Å²) < 4.78 is 29.4. The van der Waals surface area contributed by atoms with Crippen molar-refractivity contribution in [3.63, 3.8) is 0 Å². The molecule has 1 heterocycles. The van der Waals surface area contributed by atoms with Crippen molar-refractivity contribution in [2.75, 3.05) is 0 Å². The topological polar surface area (TPSA) is 50.7 Å². The summed E-state index contributed by atoms with van der Waals surface area (Å²) in [5.74, 6) is -0.576. The maximum Gasteiger partial charge on any atom is 0.387 e. The van der Waals surface area contributed by atoms with Crippen molar-refractivity contribution in [3.8, 4) is 5.75 Å². The molecule has 0 spiro atoms. The summed E-state index contributed by atoms with van der Waals surface area (Å²) in [6.45, 7) is -2.91. The fraction of sp³-hybridized carbons (Fsp3) is 0.167. The summed E-state index contributed by atoms with van der Waals surface area (Å²) in [6.07, 6.45) is 0. The molecule has 2 unspecified atom stereocenters. The summed E-state index contributed by atoms with van der Waals surface area (Å²) in [4.78, 5) is 17.2. The highest BCUT2D eigenvalue weighted by Crippen LogP contribution is 2.38. The van der Waals surface area contributed by atoms with Crippen LogP contribution in [-0.4, -0.2) is 23.2 Å². The molecule has 1 N–H and O–H groups in total. The van der Waals surface area contributed by atoms with E-state index in [1.54, 1.807) is 24.3 Å². The third kappa shape index (κ3) is 2.70. The molecule has 7 heteroatoms. The molecule has 0 saturated heterocycles. The number of benzene rings is 2. The molecule has 2 aromatic rings. The number of nitrogens with zero attached hydrogens (tertiary/aromatic N) is 1. The van der Waals surface area contributed by atoms with Crippen molar-refractivity contribution >= 4 is 28.8 Å². The Hall–Kier alpha value is -2.67. The van der Waals surface area contributed by atoms with E-state index in [1.807, 2.05) is 12.1 Å². The highest BCUT2D eigenvalue weighted by molar-refractivity contribution is 7.80. The lowest BCUT2D eigenvalue weighted by Gasteiger charge is -2.29. The SMILES string of the molecule is O=C1c2ccccc2C2=NC(=S)NC(c3cccc(OC(F)F)c3)C12. The van der Waals surface area contributed by atoms with Gasteiger partial charge in [0.2, 0.25) is 0 Å². The van der Waals surface area contributed by atoms with E-state index >= 15 is 0 Å². The first-order chi connectivity index (χ1) is 12.0. The third-order valence-corrected chi connectivity index (χ3v) is 4.53. The minimum Gasteiger partial charge on any atom is -0.435 e. The van der Waals surface area contributed by atoms with Crippen molar-refractivity contribution in [1.82, 2.24) is 5.32 Å². The largest absolute Gasteiger partial charge is 0.435 e. The van der Waals surface area contributed by atoms with Gasteiger partial charge in [0.1, 0.15) is 5.75 Å². The maximum absolute atomic E-state index is 12.9. The van der Waals surface area contributed by atoms with Crippen LogP contribution in [0.15, 0.2) is 53.5 Å². The Morgan fingerprint density at radius 2 is 1.88 bits per heavy atom. The molecule has 4 rings (SSSR count). The number of thiocarbonyl (C=S) groups is 1. The van der Waals surface area contributed by atoms with Gasteiger partial charge in [-0.3, -0.25) is 4.79 Å². The number of nitrogens with one attached hydrogen (secondary N) is 1. The summed E-state index contributed by atoms with van der Waals surface area (Å²) in [6, 6.07) is 13.0. The number of fused-ring (bicyclic) bond motifs is 3. The molecule has 1 aliphatic carbocycles. The Kier molecular flexibility index (Phi) is 3.80. The number of alkyl halides is 2.